The summed E-state index contributed by atoms with van der Waals surface area (Å²) in [5.74, 6) is 0.621. The van der Waals surface area contributed by atoms with E-state index in [2.05, 4.69) is 10.0 Å². The first-order valence-electron chi connectivity index (χ1n) is 6.54. The first-order valence-corrected chi connectivity index (χ1v) is 8.02. The van der Waals surface area contributed by atoms with E-state index in [9.17, 15) is 8.42 Å². The van der Waals surface area contributed by atoms with Gasteiger partial charge in [0.25, 0.3) is 0 Å². The highest BCUT2D eigenvalue weighted by atomic mass is 32.2. The van der Waals surface area contributed by atoms with Crippen LogP contribution in [0.3, 0.4) is 0 Å². The molecule has 0 bridgehead atoms. The molecular formula is C13H21N3O2S. The van der Waals surface area contributed by atoms with E-state index in [-0.39, 0.29) is 4.90 Å². The molecule has 1 aliphatic rings. The highest BCUT2D eigenvalue weighted by Gasteiger charge is 2.21. The summed E-state index contributed by atoms with van der Waals surface area (Å²) in [6.45, 7) is 0.895. The highest BCUT2D eigenvalue weighted by molar-refractivity contribution is 7.89. The van der Waals surface area contributed by atoms with Gasteiger partial charge in [-0.15, -0.1) is 0 Å². The number of nitrogens with two attached hydrogens (primary N) is 1. The first kappa shape index (κ1) is 14.3. The molecule has 1 aromatic carbocycles. The molecule has 106 valence electrons. The van der Waals surface area contributed by atoms with Crippen molar-refractivity contribution in [2.75, 3.05) is 18.9 Å². The quantitative estimate of drug-likeness (QED) is 0.756. The van der Waals surface area contributed by atoms with Gasteiger partial charge >= 0.3 is 0 Å². The zero-order valence-electron chi connectivity index (χ0n) is 11.1. The van der Waals surface area contributed by atoms with E-state index in [0.717, 1.165) is 25.1 Å². The Hall–Kier alpha value is -1.11. The molecule has 5 nitrogen and oxygen atoms in total. The summed E-state index contributed by atoms with van der Waals surface area (Å²) in [5, 5.41) is 3.33. The topological polar surface area (TPSA) is 84.2 Å². The van der Waals surface area contributed by atoms with Gasteiger partial charge in [0.2, 0.25) is 10.0 Å². The van der Waals surface area contributed by atoms with Crippen molar-refractivity contribution in [3.8, 4) is 0 Å². The fraction of sp³-hybridized carbons (Fsp3) is 0.538. The maximum Gasteiger partial charge on any atom is 0.240 e. The van der Waals surface area contributed by atoms with E-state index in [4.69, 9.17) is 5.73 Å². The van der Waals surface area contributed by atoms with Gasteiger partial charge in [0.05, 0.1) is 4.90 Å². The standard InChI is InChI=1S/C13H21N3O2S/c1-15-19(17,18)13-6-4-12(5-7-13)16-9-10-2-3-11(14)8-10/h4-7,10-11,15-16H,2-3,8-9,14H2,1H3. The zero-order valence-corrected chi connectivity index (χ0v) is 11.9. The van der Waals surface area contributed by atoms with Gasteiger partial charge in [-0.1, -0.05) is 0 Å². The summed E-state index contributed by atoms with van der Waals surface area (Å²) >= 11 is 0. The van der Waals surface area contributed by atoms with Crippen LogP contribution in [0, 0.1) is 5.92 Å². The summed E-state index contributed by atoms with van der Waals surface area (Å²) in [5.41, 5.74) is 6.82. The van der Waals surface area contributed by atoms with Gasteiger partial charge in [0.1, 0.15) is 0 Å². The fourth-order valence-electron chi connectivity index (χ4n) is 2.43. The third-order valence-electron chi connectivity index (χ3n) is 3.61. The third kappa shape index (κ3) is 3.68. The maximum absolute atomic E-state index is 11.6. The number of anilines is 1. The van der Waals surface area contributed by atoms with Crippen molar-refractivity contribution in [1.29, 1.82) is 0 Å². The molecule has 2 unspecified atom stereocenters. The van der Waals surface area contributed by atoms with E-state index < -0.39 is 10.0 Å². The normalized spacial score (nSPS) is 23.5. The second kappa shape index (κ2) is 5.90. The Kier molecular flexibility index (Phi) is 4.44. The Morgan fingerprint density at radius 1 is 1.26 bits per heavy atom. The smallest absolute Gasteiger partial charge is 0.240 e. The van der Waals surface area contributed by atoms with Crippen LogP contribution < -0.4 is 15.8 Å². The van der Waals surface area contributed by atoms with Gasteiger partial charge in [0, 0.05) is 18.3 Å². The second-order valence-corrected chi connectivity index (χ2v) is 6.94. The molecule has 19 heavy (non-hydrogen) atoms. The van der Waals surface area contributed by atoms with E-state index in [1.165, 1.54) is 13.5 Å². The molecule has 1 aliphatic carbocycles. The molecule has 0 saturated heterocycles. The van der Waals surface area contributed by atoms with Crippen molar-refractivity contribution in [1.82, 2.24) is 4.72 Å². The summed E-state index contributed by atoms with van der Waals surface area (Å²) < 4.78 is 25.4. The summed E-state index contributed by atoms with van der Waals surface area (Å²) in [6, 6.07) is 7.14. The first-order chi connectivity index (χ1) is 9.01. The molecule has 2 rings (SSSR count). The van der Waals surface area contributed by atoms with Crippen molar-refractivity contribution in [2.45, 2.75) is 30.2 Å². The van der Waals surface area contributed by atoms with E-state index >= 15 is 0 Å². The van der Waals surface area contributed by atoms with E-state index in [1.807, 2.05) is 0 Å². The molecular weight excluding hydrogens is 262 g/mol. The lowest BCUT2D eigenvalue weighted by Gasteiger charge is -2.12. The monoisotopic (exact) mass is 283 g/mol. The average Bonchev–Trinajstić information content (AvgIpc) is 2.83. The van der Waals surface area contributed by atoms with Crippen LogP contribution in [-0.2, 0) is 10.0 Å². The van der Waals surface area contributed by atoms with Crippen LogP contribution in [0.4, 0.5) is 5.69 Å². The molecule has 1 saturated carbocycles. The average molecular weight is 283 g/mol. The molecule has 0 spiro atoms. The summed E-state index contributed by atoms with van der Waals surface area (Å²) in [7, 11) is -1.94. The number of hydrogen-bond acceptors (Lipinski definition) is 4. The Labute approximate surface area is 114 Å². The van der Waals surface area contributed by atoms with Crippen molar-refractivity contribution in [2.24, 2.45) is 11.7 Å². The third-order valence-corrected chi connectivity index (χ3v) is 5.04. The second-order valence-electron chi connectivity index (χ2n) is 5.05. The molecule has 2 atom stereocenters. The van der Waals surface area contributed by atoms with Gasteiger partial charge in [0.15, 0.2) is 0 Å². The van der Waals surface area contributed by atoms with Crippen LogP contribution in [0.15, 0.2) is 29.2 Å². The SMILES string of the molecule is CNS(=O)(=O)c1ccc(NCC2CCC(N)C2)cc1. The summed E-state index contributed by atoms with van der Waals surface area (Å²) in [4.78, 5) is 0.281. The lowest BCUT2D eigenvalue weighted by atomic mass is 10.1. The Morgan fingerprint density at radius 2 is 1.95 bits per heavy atom. The van der Waals surface area contributed by atoms with Crippen LogP contribution in [0.5, 0.6) is 0 Å². The molecule has 0 amide bonds. The minimum absolute atomic E-state index is 0.281. The van der Waals surface area contributed by atoms with Gasteiger partial charge in [-0.3, -0.25) is 0 Å². The fourth-order valence-corrected chi connectivity index (χ4v) is 3.16. The predicted molar refractivity (Wildman–Crippen MR) is 76.5 cm³/mol. The van der Waals surface area contributed by atoms with Gasteiger partial charge in [-0.25, -0.2) is 13.1 Å². The van der Waals surface area contributed by atoms with Crippen molar-refractivity contribution in [3.63, 3.8) is 0 Å². The number of benzene rings is 1. The molecule has 1 aromatic rings. The lowest BCUT2D eigenvalue weighted by molar-refractivity contribution is 0.565. The minimum Gasteiger partial charge on any atom is -0.385 e. The number of sulfonamides is 1. The Balaban J connectivity index is 1.92. The molecule has 0 radical (unpaired) electrons. The van der Waals surface area contributed by atoms with Gasteiger partial charge < -0.3 is 11.1 Å². The molecule has 6 heteroatoms. The van der Waals surface area contributed by atoms with Crippen molar-refractivity contribution in [3.05, 3.63) is 24.3 Å². The predicted octanol–water partition coefficient (Wildman–Crippen LogP) is 1.13. The van der Waals surface area contributed by atoms with Crippen LogP contribution in [0.1, 0.15) is 19.3 Å². The summed E-state index contributed by atoms with van der Waals surface area (Å²) in [6.07, 6.45) is 3.34. The Morgan fingerprint density at radius 3 is 2.47 bits per heavy atom. The molecule has 0 heterocycles. The van der Waals surface area contributed by atoms with Gasteiger partial charge in [-0.05, 0) is 56.5 Å². The molecule has 1 fully saturated rings. The van der Waals surface area contributed by atoms with Gasteiger partial charge in [-0.2, -0.15) is 0 Å². The minimum atomic E-state index is -3.35. The van der Waals surface area contributed by atoms with Crippen LogP contribution in [-0.4, -0.2) is 28.1 Å². The lowest BCUT2D eigenvalue weighted by Crippen LogP contribution is -2.19. The molecule has 0 aromatic heterocycles. The van der Waals surface area contributed by atoms with Crippen LogP contribution >= 0.6 is 0 Å². The van der Waals surface area contributed by atoms with Crippen molar-refractivity contribution >= 4 is 15.7 Å². The van der Waals surface area contributed by atoms with Crippen molar-refractivity contribution < 1.29 is 8.42 Å². The van der Waals surface area contributed by atoms with Crippen LogP contribution in [0.25, 0.3) is 0 Å². The maximum atomic E-state index is 11.6. The Bertz CT molecular complexity index is 513. The largest absolute Gasteiger partial charge is 0.385 e. The number of rotatable bonds is 5. The molecule has 0 aliphatic heterocycles. The number of hydrogen-bond donors (Lipinski definition) is 3. The highest BCUT2D eigenvalue weighted by Crippen LogP contribution is 2.24. The van der Waals surface area contributed by atoms with Crippen LogP contribution in [0.2, 0.25) is 0 Å². The zero-order chi connectivity index (χ0) is 13.9. The van der Waals surface area contributed by atoms with E-state index in [0.29, 0.717) is 12.0 Å². The molecule has 4 N–H and O–H groups in total. The van der Waals surface area contributed by atoms with E-state index in [1.54, 1.807) is 24.3 Å². The number of nitrogens with one attached hydrogen (secondary N) is 2.